The van der Waals surface area contributed by atoms with Crippen molar-refractivity contribution in [2.24, 2.45) is 0 Å². The van der Waals surface area contributed by atoms with Crippen LogP contribution in [-0.2, 0) is 4.79 Å². The van der Waals surface area contributed by atoms with E-state index in [-0.39, 0.29) is 6.42 Å². The zero-order chi connectivity index (χ0) is 24.6. The highest BCUT2D eigenvalue weighted by Crippen LogP contribution is 2.35. The number of benzene rings is 2. The number of unbranched alkanes of at least 4 members (excludes halogenated alkanes) is 7. The van der Waals surface area contributed by atoms with Gasteiger partial charge in [-0.1, -0.05) is 82.6 Å². The fourth-order valence-electron chi connectivity index (χ4n) is 4.87. The summed E-state index contributed by atoms with van der Waals surface area (Å²) in [6.07, 6.45) is 14.9. The van der Waals surface area contributed by atoms with E-state index in [0.717, 1.165) is 51.4 Å². The normalized spacial score (nSPS) is 13.0. The average molecular weight is 469 g/mol. The minimum atomic E-state index is -0.703. The van der Waals surface area contributed by atoms with Crippen molar-refractivity contribution in [3.63, 3.8) is 0 Å². The number of aromatic hydroxyl groups is 2. The molecule has 0 fully saturated rings. The van der Waals surface area contributed by atoms with E-state index in [1.165, 1.54) is 43.2 Å². The van der Waals surface area contributed by atoms with E-state index in [2.05, 4.69) is 31.2 Å². The Labute approximate surface area is 206 Å². The quantitative estimate of drug-likeness (QED) is 0.192. The molecule has 4 nitrogen and oxygen atoms in total. The SMILES string of the molecule is CCCCCCC(CCC(CCCCCCCC(=O)O)c1ccc(O)cc1)c1ccc(O)cc1. The molecule has 0 heterocycles. The molecule has 34 heavy (non-hydrogen) atoms. The van der Waals surface area contributed by atoms with E-state index in [1.54, 1.807) is 24.3 Å². The summed E-state index contributed by atoms with van der Waals surface area (Å²) in [5, 5.41) is 28.3. The van der Waals surface area contributed by atoms with Crippen LogP contribution in [0.2, 0.25) is 0 Å². The van der Waals surface area contributed by atoms with Gasteiger partial charge in [0, 0.05) is 6.42 Å². The Morgan fingerprint density at radius 3 is 1.47 bits per heavy atom. The van der Waals surface area contributed by atoms with E-state index >= 15 is 0 Å². The highest BCUT2D eigenvalue weighted by molar-refractivity contribution is 5.66. The Morgan fingerprint density at radius 1 is 0.618 bits per heavy atom. The van der Waals surface area contributed by atoms with Crippen LogP contribution >= 0.6 is 0 Å². The van der Waals surface area contributed by atoms with E-state index in [4.69, 9.17) is 5.11 Å². The lowest BCUT2D eigenvalue weighted by molar-refractivity contribution is -0.137. The number of phenols is 2. The molecular formula is C30H44O4. The number of carboxylic acid groups (broad SMARTS) is 1. The third-order valence-corrected chi connectivity index (χ3v) is 6.94. The Morgan fingerprint density at radius 2 is 1.03 bits per heavy atom. The number of carboxylic acids is 1. The molecule has 0 saturated carbocycles. The molecular weight excluding hydrogens is 424 g/mol. The topological polar surface area (TPSA) is 77.8 Å². The summed E-state index contributed by atoms with van der Waals surface area (Å²) in [7, 11) is 0. The first-order valence-corrected chi connectivity index (χ1v) is 13.3. The number of phenolic OH excluding ortho intramolecular Hbond substituents is 2. The van der Waals surface area contributed by atoms with E-state index in [9.17, 15) is 15.0 Å². The number of hydrogen-bond donors (Lipinski definition) is 3. The van der Waals surface area contributed by atoms with Gasteiger partial charge >= 0.3 is 5.97 Å². The molecule has 0 aliphatic rings. The van der Waals surface area contributed by atoms with Gasteiger partial charge in [-0.2, -0.15) is 0 Å². The third-order valence-electron chi connectivity index (χ3n) is 6.94. The van der Waals surface area contributed by atoms with Crippen molar-refractivity contribution in [1.82, 2.24) is 0 Å². The number of aliphatic carboxylic acids is 1. The molecule has 2 aromatic carbocycles. The fourth-order valence-corrected chi connectivity index (χ4v) is 4.87. The fraction of sp³-hybridized carbons (Fsp3) is 0.567. The summed E-state index contributed by atoms with van der Waals surface area (Å²) in [5.41, 5.74) is 2.61. The minimum Gasteiger partial charge on any atom is -0.508 e. The molecule has 0 bridgehead atoms. The first kappa shape index (κ1) is 27.8. The number of carbonyl (C=O) groups is 1. The average Bonchev–Trinajstić information content (AvgIpc) is 2.82. The molecule has 4 heteroatoms. The smallest absolute Gasteiger partial charge is 0.303 e. The standard InChI is InChI=1S/C30H44O4/c1-2-3-4-8-11-24(26-16-20-28(31)21-17-26)14-15-25(27-18-22-29(32)23-19-27)12-9-6-5-7-10-13-30(33)34/h16-25,31-32H,2-15H2,1H3,(H,33,34). The summed E-state index contributed by atoms with van der Waals surface area (Å²) >= 11 is 0. The van der Waals surface area contributed by atoms with Gasteiger partial charge in [-0.05, 0) is 79.3 Å². The second-order valence-corrected chi connectivity index (χ2v) is 9.70. The van der Waals surface area contributed by atoms with E-state index in [0.29, 0.717) is 23.3 Å². The molecule has 2 atom stereocenters. The molecule has 2 aromatic rings. The van der Waals surface area contributed by atoms with Crippen molar-refractivity contribution in [2.75, 3.05) is 0 Å². The van der Waals surface area contributed by atoms with Gasteiger partial charge in [0.25, 0.3) is 0 Å². The number of rotatable bonds is 18. The zero-order valence-electron chi connectivity index (χ0n) is 20.9. The Kier molecular flexibility index (Phi) is 13.2. The Bertz CT molecular complexity index is 798. The van der Waals surface area contributed by atoms with E-state index in [1.807, 2.05) is 0 Å². The molecule has 0 aliphatic carbocycles. The van der Waals surface area contributed by atoms with Crippen LogP contribution in [0.5, 0.6) is 11.5 Å². The van der Waals surface area contributed by atoms with Crippen LogP contribution in [0.25, 0.3) is 0 Å². The van der Waals surface area contributed by atoms with Crippen molar-refractivity contribution in [3.8, 4) is 11.5 Å². The summed E-state index contributed by atoms with van der Waals surface area (Å²) in [6.45, 7) is 2.24. The molecule has 0 aromatic heterocycles. The van der Waals surface area contributed by atoms with Crippen LogP contribution in [0.15, 0.2) is 48.5 Å². The van der Waals surface area contributed by atoms with Crippen molar-refractivity contribution >= 4 is 5.97 Å². The molecule has 0 amide bonds. The van der Waals surface area contributed by atoms with Crippen LogP contribution in [0.3, 0.4) is 0 Å². The van der Waals surface area contributed by atoms with Crippen molar-refractivity contribution < 1.29 is 20.1 Å². The molecule has 2 rings (SSSR count). The second-order valence-electron chi connectivity index (χ2n) is 9.70. The molecule has 0 spiro atoms. The molecule has 0 saturated heterocycles. The highest BCUT2D eigenvalue weighted by atomic mass is 16.4. The van der Waals surface area contributed by atoms with E-state index < -0.39 is 5.97 Å². The molecule has 3 N–H and O–H groups in total. The van der Waals surface area contributed by atoms with Gasteiger partial charge in [0.15, 0.2) is 0 Å². The van der Waals surface area contributed by atoms with Gasteiger partial charge < -0.3 is 15.3 Å². The first-order valence-electron chi connectivity index (χ1n) is 13.3. The lowest BCUT2D eigenvalue weighted by atomic mass is 9.82. The van der Waals surface area contributed by atoms with Crippen LogP contribution < -0.4 is 0 Å². The lowest BCUT2D eigenvalue weighted by Crippen LogP contribution is -2.05. The van der Waals surface area contributed by atoms with Gasteiger partial charge in [-0.25, -0.2) is 0 Å². The summed E-state index contributed by atoms with van der Waals surface area (Å²) in [5.74, 6) is 0.867. The molecule has 0 aliphatic heterocycles. The molecule has 188 valence electrons. The minimum absolute atomic E-state index is 0.271. The largest absolute Gasteiger partial charge is 0.508 e. The zero-order valence-corrected chi connectivity index (χ0v) is 20.9. The predicted molar refractivity (Wildman–Crippen MR) is 140 cm³/mol. The van der Waals surface area contributed by atoms with Gasteiger partial charge in [0.05, 0.1) is 0 Å². The third kappa shape index (κ3) is 11.1. The molecule has 0 radical (unpaired) electrons. The van der Waals surface area contributed by atoms with Gasteiger partial charge in [-0.3, -0.25) is 4.79 Å². The maximum atomic E-state index is 10.7. The van der Waals surface area contributed by atoms with Crippen molar-refractivity contribution in [2.45, 2.75) is 109 Å². The van der Waals surface area contributed by atoms with Crippen molar-refractivity contribution in [1.29, 1.82) is 0 Å². The second kappa shape index (κ2) is 16.2. The van der Waals surface area contributed by atoms with Crippen LogP contribution in [0.1, 0.15) is 120 Å². The van der Waals surface area contributed by atoms with Gasteiger partial charge in [-0.15, -0.1) is 0 Å². The predicted octanol–water partition coefficient (Wildman–Crippen LogP) is 8.53. The lowest BCUT2D eigenvalue weighted by Gasteiger charge is -2.23. The van der Waals surface area contributed by atoms with Crippen molar-refractivity contribution in [3.05, 3.63) is 59.7 Å². The molecule has 2 unspecified atom stereocenters. The van der Waals surface area contributed by atoms with Gasteiger partial charge in [0.2, 0.25) is 0 Å². The Balaban J connectivity index is 1.96. The summed E-state index contributed by atoms with van der Waals surface area (Å²) in [6, 6.07) is 15.5. The van der Waals surface area contributed by atoms with Crippen LogP contribution in [-0.4, -0.2) is 21.3 Å². The summed E-state index contributed by atoms with van der Waals surface area (Å²) in [4.78, 5) is 10.7. The summed E-state index contributed by atoms with van der Waals surface area (Å²) < 4.78 is 0. The van der Waals surface area contributed by atoms with Crippen LogP contribution in [0.4, 0.5) is 0 Å². The Hall–Kier alpha value is -2.49. The number of hydrogen-bond acceptors (Lipinski definition) is 3. The maximum absolute atomic E-state index is 10.7. The van der Waals surface area contributed by atoms with Crippen LogP contribution in [0, 0.1) is 0 Å². The van der Waals surface area contributed by atoms with Gasteiger partial charge in [0.1, 0.15) is 11.5 Å². The monoisotopic (exact) mass is 468 g/mol. The highest BCUT2D eigenvalue weighted by Gasteiger charge is 2.17. The maximum Gasteiger partial charge on any atom is 0.303 e. The first-order chi connectivity index (χ1) is 16.5.